The van der Waals surface area contributed by atoms with E-state index in [0.717, 1.165) is 67.8 Å². The van der Waals surface area contributed by atoms with E-state index in [0.29, 0.717) is 5.65 Å². The van der Waals surface area contributed by atoms with Gasteiger partial charge in [-0.1, -0.05) is 52.1 Å². The molecule has 0 saturated heterocycles. The SMILES string of the molecule is C=C/C(=C\C(=C/C)c1cnc2n[nH]c(-c3cc4c(-c5ccc(F)cc5)cncc4[nH]3)c2c1)NC(=C)CC(C)(C)C. The number of aromatic amines is 2. The quantitative estimate of drug-likeness (QED) is 0.176. The number of rotatable bonds is 8. The Hall–Kier alpha value is -4.78. The molecule has 40 heavy (non-hydrogen) atoms. The molecule has 0 aliphatic carbocycles. The number of nitrogens with zero attached hydrogens (tertiary/aromatic N) is 3. The van der Waals surface area contributed by atoms with Gasteiger partial charge in [0.15, 0.2) is 5.65 Å². The first-order valence-corrected chi connectivity index (χ1v) is 13.2. The molecule has 0 spiro atoms. The highest BCUT2D eigenvalue weighted by Gasteiger charge is 2.16. The average Bonchev–Trinajstić information content (AvgIpc) is 3.54. The van der Waals surface area contributed by atoms with E-state index in [1.54, 1.807) is 30.6 Å². The molecule has 5 rings (SSSR count). The van der Waals surface area contributed by atoms with Crippen LogP contribution in [0.2, 0.25) is 0 Å². The predicted molar refractivity (Wildman–Crippen MR) is 163 cm³/mol. The van der Waals surface area contributed by atoms with Crippen LogP contribution in [0.3, 0.4) is 0 Å². The van der Waals surface area contributed by atoms with Crippen LogP contribution in [0.25, 0.3) is 50.0 Å². The third-order valence-corrected chi connectivity index (χ3v) is 6.62. The molecule has 0 aliphatic heterocycles. The predicted octanol–water partition coefficient (Wildman–Crippen LogP) is 8.32. The number of halogens is 1. The molecule has 4 heterocycles. The summed E-state index contributed by atoms with van der Waals surface area (Å²) >= 11 is 0. The van der Waals surface area contributed by atoms with Crippen LogP contribution in [0.15, 0.2) is 97.8 Å². The zero-order valence-corrected chi connectivity index (χ0v) is 23.3. The van der Waals surface area contributed by atoms with E-state index >= 15 is 0 Å². The van der Waals surface area contributed by atoms with Gasteiger partial charge in [0, 0.05) is 45.7 Å². The lowest BCUT2D eigenvalue weighted by molar-refractivity contribution is 0.403. The van der Waals surface area contributed by atoms with Gasteiger partial charge in [0.1, 0.15) is 5.82 Å². The second kappa shape index (κ2) is 10.8. The fourth-order valence-electron chi connectivity index (χ4n) is 4.84. The van der Waals surface area contributed by atoms with E-state index in [1.165, 1.54) is 12.1 Å². The Balaban J connectivity index is 1.51. The van der Waals surface area contributed by atoms with Gasteiger partial charge in [0.2, 0.25) is 0 Å². The zero-order valence-electron chi connectivity index (χ0n) is 23.3. The maximum atomic E-state index is 13.5. The number of hydrogen-bond acceptors (Lipinski definition) is 4. The lowest BCUT2D eigenvalue weighted by Gasteiger charge is -2.21. The average molecular weight is 533 g/mol. The Kier molecular flexibility index (Phi) is 7.22. The van der Waals surface area contributed by atoms with Gasteiger partial charge >= 0.3 is 0 Å². The molecule has 0 saturated carbocycles. The number of pyridine rings is 2. The van der Waals surface area contributed by atoms with Crippen molar-refractivity contribution in [3.63, 3.8) is 0 Å². The van der Waals surface area contributed by atoms with Gasteiger partial charge in [0.25, 0.3) is 0 Å². The first-order chi connectivity index (χ1) is 19.1. The van der Waals surface area contributed by atoms with Crippen molar-refractivity contribution in [1.82, 2.24) is 30.5 Å². The van der Waals surface area contributed by atoms with Crippen molar-refractivity contribution in [3.8, 4) is 22.5 Å². The molecule has 0 radical (unpaired) electrons. The summed E-state index contributed by atoms with van der Waals surface area (Å²) in [6.45, 7) is 16.7. The topological polar surface area (TPSA) is 82.3 Å². The van der Waals surface area contributed by atoms with E-state index in [9.17, 15) is 4.39 Å². The molecule has 0 bridgehead atoms. The molecule has 1 aromatic carbocycles. The van der Waals surface area contributed by atoms with Crippen LogP contribution in [0.4, 0.5) is 4.39 Å². The second-order valence-corrected chi connectivity index (χ2v) is 11.0. The molecule has 5 aromatic rings. The lowest BCUT2D eigenvalue weighted by atomic mass is 9.91. The lowest BCUT2D eigenvalue weighted by Crippen LogP contribution is -2.16. The number of benzene rings is 1. The van der Waals surface area contributed by atoms with Crippen molar-refractivity contribution in [2.24, 2.45) is 5.41 Å². The Bertz CT molecular complexity index is 1780. The fraction of sp³-hybridized carbons (Fsp3) is 0.182. The van der Waals surface area contributed by atoms with Crippen LogP contribution >= 0.6 is 0 Å². The highest BCUT2D eigenvalue weighted by atomic mass is 19.1. The van der Waals surface area contributed by atoms with Crippen LogP contribution in [-0.4, -0.2) is 25.1 Å². The van der Waals surface area contributed by atoms with Crippen LogP contribution in [0.1, 0.15) is 39.7 Å². The van der Waals surface area contributed by atoms with E-state index in [-0.39, 0.29) is 11.2 Å². The summed E-state index contributed by atoms with van der Waals surface area (Å²) in [5.41, 5.74) is 8.86. The van der Waals surface area contributed by atoms with Gasteiger partial charge in [0.05, 0.1) is 23.1 Å². The minimum Gasteiger partial charge on any atom is -0.359 e. The summed E-state index contributed by atoms with van der Waals surface area (Å²) in [7, 11) is 0. The molecule has 4 aromatic heterocycles. The molecular weight excluding hydrogens is 499 g/mol. The molecule has 3 N–H and O–H groups in total. The third-order valence-electron chi connectivity index (χ3n) is 6.62. The van der Waals surface area contributed by atoms with Crippen LogP contribution < -0.4 is 5.32 Å². The molecule has 0 amide bonds. The molecule has 7 heteroatoms. The van der Waals surface area contributed by atoms with E-state index in [4.69, 9.17) is 0 Å². The summed E-state index contributed by atoms with van der Waals surface area (Å²) in [6.07, 6.45) is 12.1. The Morgan fingerprint density at radius 3 is 2.55 bits per heavy atom. The fourth-order valence-corrected chi connectivity index (χ4v) is 4.84. The summed E-state index contributed by atoms with van der Waals surface area (Å²) in [4.78, 5) is 12.5. The molecule has 202 valence electrons. The smallest absolute Gasteiger partial charge is 0.181 e. The largest absolute Gasteiger partial charge is 0.359 e. The standard InChI is InChI=1S/C33H33FN6/c1-7-21(13-25(8-2)37-20(3)16-33(4,5)6)23-14-27-31(39-40-32(27)36-17-23)29-15-26-28(18-35-19-30(26)38-29)22-9-11-24(34)12-10-22/h7-15,17-19,37-38H,2-3,16H2,1,4-6H3,(H,36,39,40)/b21-7+,25-13+. The maximum absolute atomic E-state index is 13.5. The van der Waals surface area contributed by atoms with Crippen LogP contribution in [0, 0.1) is 11.2 Å². The molecule has 0 aliphatic rings. The summed E-state index contributed by atoms with van der Waals surface area (Å²) in [5.74, 6) is -0.271. The number of fused-ring (bicyclic) bond motifs is 2. The summed E-state index contributed by atoms with van der Waals surface area (Å²) < 4.78 is 13.5. The Morgan fingerprint density at radius 2 is 1.85 bits per heavy atom. The number of allylic oxidation sites excluding steroid dienone is 5. The summed E-state index contributed by atoms with van der Waals surface area (Å²) in [5, 5.41) is 12.9. The van der Waals surface area contributed by atoms with Gasteiger partial charge in [-0.05, 0) is 66.3 Å². The number of nitrogens with one attached hydrogen (secondary N) is 3. The Morgan fingerprint density at radius 1 is 1.07 bits per heavy atom. The van der Waals surface area contributed by atoms with Crippen molar-refractivity contribution in [2.75, 3.05) is 0 Å². The molecule has 0 fully saturated rings. The van der Waals surface area contributed by atoms with Gasteiger partial charge in [-0.15, -0.1) is 0 Å². The van der Waals surface area contributed by atoms with Crippen LogP contribution in [-0.2, 0) is 0 Å². The first kappa shape index (κ1) is 26.8. The Labute approximate surface area is 233 Å². The maximum Gasteiger partial charge on any atom is 0.181 e. The van der Waals surface area contributed by atoms with E-state index < -0.39 is 0 Å². The third kappa shape index (κ3) is 5.64. The van der Waals surface area contributed by atoms with Gasteiger partial charge in [-0.25, -0.2) is 9.37 Å². The van der Waals surface area contributed by atoms with Crippen LogP contribution in [0.5, 0.6) is 0 Å². The first-order valence-electron chi connectivity index (χ1n) is 13.2. The van der Waals surface area contributed by atoms with Gasteiger partial charge in [-0.3, -0.25) is 10.1 Å². The minimum atomic E-state index is -0.271. The number of H-pyrrole nitrogens is 2. The highest BCUT2D eigenvalue weighted by Crippen LogP contribution is 2.34. The van der Waals surface area contributed by atoms with Crippen molar-refractivity contribution < 1.29 is 4.39 Å². The molecule has 0 unspecified atom stereocenters. The van der Waals surface area contributed by atoms with E-state index in [2.05, 4.69) is 76.5 Å². The summed E-state index contributed by atoms with van der Waals surface area (Å²) in [6, 6.07) is 10.6. The van der Waals surface area contributed by atoms with Crippen molar-refractivity contribution in [3.05, 3.63) is 109 Å². The number of aromatic nitrogens is 5. The molecule has 0 atom stereocenters. The highest BCUT2D eigenvalue weighted by molar-refractivity contribution is 6.00. The van der Waals surface area contributed by atoms with E-state index in [1.807, 2.05) is 25.3 Å². The zero-order chi connectivity index (χ0) is 28.4. The monoisotopic (exact) mass is 532 g/mol. The number of hydrogen-bond donors (Lipinski definition) is 3. The molecule has 6 nitrogen and oxygen atoms in total. The minimum absolute atomic E-state index is 0.130. The van der Waals surface area contributed by atoms with Crippen molar-refractivity contribution >= 4 is 27.5 Å². The van der Waals surface area contributed by atoms with Crippen molar-refractivity contribution in [2.45, 2.75) is 34.1 Å². The second-order valence-electron chi connectivity index (χ2n) is 11.0. The van der Waals surface area contributed by atoms with Crippen molar-refractivity contribution in [1.29, 1.82) is 0 Å². The van der Waals surface area contributed by atoms with Gasteiger partial charge < -0.3 is 10.3 Å². The molecular formula is C33H33FN6. The van der Waals surface area contributed by atoms with Gasteiger partial charge in [-0.2, -0.15) is 5.10 Å². The normalized spacial score (nSPS) is 12.7.